The van der Waals surface area contributed by atoms with Crippen LogP contribution in [0.3, 0.4) is 0 Å². The summed E-state index contributed by atoms with van der Waals surface area (Å²) in [5.41, 5.74) is 9.56. The zero-order valence-corrected chi connectivity index (χ0v) is 12.2. The van der Waals surface area contributed by atoms with Gasteiger partial charge in [0.15, 0.2) is 0 Å². The maximum absolute atomic E-state index is 9.60. The van der Waals surface area contributed by atoms with Crippen molar-refractivity contribution in [1.82, 2.24) is 4.57 Å². The number of para-hydroxylation sites is 1. The summed E-state index contributed by atoms with van der Waals surface area (Å²) in [5, 5.41) is 10.8. The number of aromatic hydroxyl groups is 1. The second kappa shape index (κ2) is 5.62. The van der Waals surface area contributed by atoms with E-state index in [4.69, 9.17) is 5.73 Å². The highest BCUT2D eigenvalue weighted by atomic mass is 16.3. The molecular weight excluding hydrogens is 260 g/mol. The smallest absolute Gasteiger partial charge is 0.115 e. The third kappa shape index (κ3) is 2.93. The summed E-state index contributed by atoms with van der Waals surface area (Å²) in [6.45, 7) is 2.77. The lowest BCUT2D eigenvalue weighted by Gasteiger charge is -2.12. The first-order valence-corrected chi connectivity index (χ1v) is 7.24. The van der Waals surface area contributed by atoms with E-state index in [1.165, 1.54) is 16.5 Å². The molecular formula is C18H20N2O. The average molecular weight is 280 g/mol. The molecule has 108 valence electrons. The van der Waals surface area contributed by atoms with Crippen molar-refractivity contribution in [3.8, 4) is 5.75 Å². The second-order valence-electron chi connectivity index (χ2n) is 5.65. The van der Waals surface area contributed by atoms with E-state index in [9.17, 15) is 5.11 Å². The van der Waals surface area contributed by atoms with Crippen LogP contribution in [0.5, 0.6) is 5.75 Å². The van der Waals surface area contributed by atoms with Gasteiger partial charge in [0.05, 0.1) is 5.52 Å². The van der Waals surface area contributed by atoms with Crippen molar-refractivity contribution >= 4 is 10.9 Å². The quantitative estimate of drug-likeness (QED) is 0.770. The average Bonchev–Trinajstić information content (AvgIpc) is 2.82. The van der Waals surface area contributed by atoms with Gasteiger partial charge in [0.2, 0.25) is 0 Å². The molecule has 3 heteroatoms. The molecule has 0 aliphatic heterocycles. The minimum atomic E-state index is 0.139. The van der Waals surface area contributed by atoms with E-state index >= 15 is 0 Å². The Morgan fingerprint density at radius 3 is 2.71 bits per heavy atom. The maximum Gasteiger partial charge on any atom is 0.115 e. The third-order valence-electron chi connectivity index (χ3n) is 3.68. The lowest BCUT2D eigenvalue weighted by Crippen LogP contribution is -2.18. The molecule has 21 heavy (non-hydrogen) atoms. The van der Waals surface area contributed by atoms with E-state index in [1.54, 1.807) is 12.1 Å². The number of benzene rings is 2. The van der Waals surface area contributed by atoms with Crippen molar-refractivity contribution in [3.05, 3.63) is 65.9 Å². The third-order valence-corrected chi connectivity index (χ3v) is 3.68. The van der Waals surface area contributed by atoms with Crippen molar-refractivity contribution in [2.75, 3.05) is 0 Å². The number of fused-ring (bicyclic) bond motifs is 1. The molecule has 0 bridgehead atoms. The predicted molar refractivity (Wildman–Crippen MR) is 86.5 cm³/mol. The maximum atomic E-state index is 9.60. The summed E-state index contributed by atoms with van der Waals surface area (Å²) >= 11 is 0. The normalized spacial score (nSPS) is 12.7. The molecule has 1 atom stereocenters. The zero-order valence-electron chi connectivity index (χ0n) is 12.2. The van der Waals surface area contributed by atoms with Gasteiger partial charge in [0.25, 0.3) is 0 Å². The fourth-order valence-corrected chi connectivity index (χ4v) is 2.84. The minimum absolute atomic E-state index is 0.139. The van der Waals surface area contributed by atoms with Crippen molar-refractivity contribution in [1.29, 1.82) is 0 Å². The van der Waals surface area contributed by atoms with Gasteiger partial charge in [-0.05, 0) is 48.1 Å². The van der Waals surface area contributed by atoms with Crippen LogP contribution in [-0.2, 0) is 13.0 Å². The molecule has 0 aliphatic carbocycles. The van der Waals surface area contributed by atoms with E-state index in [2.05, 4.69) is 35.0 Å². The van der Waals surface area contributed by atoms with Crippen molar-refractivity contribution in [3.63, 3.8) is 0 Å². The van der Waals surface area contributed by atoms with Gasteiger partial charge in [0.1, 0.15) is 5.75 Å². The number of aromatic nitrogens is 1. The van der Waals surface area contributed by atoms with E-state index in [1.807, 2.05) is 19.1 Å². The summed E-state index contributed by atoms with van der Waals surface area (Å²) in [5.74, 6) is 0.305. The molecule has 3 aromatic rings. The first kappa shape index (κ1) is 13.7. The molecule has 0 radical (unpaired) electrons. The number of nitrogens with two attached hydrogens (primary N) is 1. The zero-order chi connectivity index (χ0) is 14.8. The Morgan fingerprint density at radius 1 is 1.14 bits per heavy atom. The predicted octanol–water partition coefficient (Wildman–Crippen LogP) is 3.28. The van der Waals surface area contributed by atoms with Gasteiger partial charge >= 0.3 is 0 Å². The van der Waals surface area contributed by atoms with Gasteiger partial charge < -0.3 is 15.4 Å². The molecule has 0 amide bonds. The molecule has 0 spiro atoms. The number of phenolic OH excluding ortho intramolecular Hbond substituents is 1. The van der Waals surface area contributed by atoms with Crippen LogP contribution in [0.2, 0.25) is 0 Å². The van der Waals surface area contributed by atoms with Crippen LogP contribution < -0.4 is 5.73 Å². The topological polar surface area (TPSA) is 51.2 Å². The standard InChI is InChI=1S/C18H20N2O/c1-13(19)10-16-6-3-5-15-8-9-20(18(15)16)12-14-4-2-7-17(21)11-14/h2-9,11,13,21H,10,12,19H2,1H3. The molecule has 0 saturated heterocycles. The lowest BCUT2D eigenvalue weighted by atomic mass is 10.0. The summed E-state index contributed by atoms with van der Waals surface area (Å²) < 4.78 is 2.22. The largest absolute Gasteiger partial charge is 0.508 e. The Balaban J connectivity index is 2.02. The molecule has 0 fully saturated rings. The van der Waals surface area contributed by atoms with Gasteiger partial charge in [-0.1, -0.05) is 30.3 Å². The molecule has 2 aromatic carbocycles. The summed E-state index contributed by atoms with van der Waals surface area (Å²) in [4.78, 5) is 0. The van der Waals surface area contributed by atoms with Crippen LogP contribution in [0.4, 0.5) is 0 Å². The Hall–Kier alpha value is -2.26. The van der Waals surface area contributed by atoms with Gasteiger partial charge in [0, 0.05) is 18.8 Å². The Morgan fingerprint density at radius 2 is 1.95 bits per heavy atom. The summed E-state index contributed by atoms with van der Waals surface area (Å²) in [6, 6.07) is 16.0. The second-order valence-corrected chi connectivity index (χ2v) is 5.65. The van der Waals surface area contributed by atoms with Crippen LogP contribution in [0.1, 0.15) is 18.1 Å². The van der Waals surface area contributed by atoms with Crippen molar-refractivity contribution in [2.24, 2.45) is 5.73 Å². The van der Waals surface area contributed by atoms with Gasteiger partial charge in [-0.2, -0.15) is 0 Å². The minimum Gasteiger partial charge on any atom is -0.508 e. The molecule has 3 N–H and O–H groups in total. The molecule has 0 saturated carbocycles. The fourth-order valence-electron chi connectivity index (χ4n) is 2.84. The summed E-state index contributed by atoms with van der Waals surface area (Å²) in [7, 11) is 0. The van der Waals surface area contributed by atoms with Crippen molar-refractivity contribution in [2.45, 2.75) is 25.9 Å². The Labute approximate surface area is 124 Å². The monoisotopic (exact) mass is 280 g/mol. The van der Waals surface area contributed by atoms with E-state index in [-0.39, 0.29) is 6.04 Å². The van der Waals surface area contributed by atoms with Crippen LogP contribution in [-0.4, -0.2) is 15.7 Å². The van der Waals surface area contributed by atoms with Gasteiger partial charge in [-0.25, -0.2) is 0 Å². The first-order chi connectivity index (χ1) is 10.1. The van der Waals surface area contributed by atoms with Crippen LogP contribution >= 0.6 is 0 Å². The number of rotatable bonds is 4. The number of hydrogen-bond acceptors (Lipinski definition) is 2. The number of nitrogens with zero attached hydrogens (tertiary/aromatic N) is 1. The molecule has 0 aliphatic rings. The lowest BCUT2D eigenvalue weighted by molar-refractivity contribution is 0.474. The van der Waals surface area contributed by atoms with Crippen LogP contribution in [0.15, 0.2) is 54.7 Å². The van der Waals surface area contributed by atoms with Crippen LogP contribution in [0, 0.1) is 0 Å². The number of hydrogen-bond donors (Lipinski definition) is 2. The molecule has 3 rings (SSSR count). The Kier molecular flexibility index (Phi) is 3.67. The summed E-state index contributed by atoms with van der Waals surface area (Å²) in [6.07, 6.45) is 2.96. The van der Waals surface area contributed by atoms with Gasteiger partial charge in [-0.15, -0.1) is 0 Å². The van der Waals surface area contributed by atoms with Gasteiger partial charge in [-0.3, -0.25) is 0 Å². The molecule has 1 aromatic heterocycles. The van der Waals surface area contributed by atoms with Crippen molar-refractivity contribution < 1.29 is 5.11 Å². The SMILES string of the molecule is CC(N)Cc1cccc2ccn(Cc3cccc(O)c3)c12. The fraction of sp³-hybridized carbons (Fsp3) is 0.222. The molecule has 1 heterocycles. The molecule has 3 nitrogen and oxygen atoms in total. The highest BCUT2D eigenvalue weighted by Crippen LogP contribution is 2.23. The first-order valence-electron chi connectivity index (χ1n) is 7.24. The number of phenols is 1. The molecule has 1 unspecified atom stereocenters. The van der Waals surface area contributed by atoms with Crippen LogP contribution in [0.25, 0.3) is 10.9 Å². The van der Waals surface area contributed by atoms with E-state index < -0.39 is 0 Å². The highest BCUT2D eigenvalue weighted by Gasteiger charge is 2.09. The van der Waals surface area contributed by atoms with E-state index in [0.29, 0.717) is 5.75 Å². The van der Waals surface area contributed by atoms with E-state index in [0.717, 1.165) is 18.5 Å². The highest BCUT2D eigenvalue weighted by molar-refractivity contribution is 5.83. The Bertz CT molecular complexity index is 759.